The lowest BCUT2D eigenvalue weighted by atomic mass is 10.0. The van der Waals surface area contributed by atoms with Crippen molar-refractivity contribution in [1.82, 2.24) is 29.5 Å². The first-order chi connectivity index (χ1) is 15.1. The number of amides is 1. The average Bonchev–Trinajstić information content (AvgIpc) is 3.49. The van der Waals surface area contributed by atoms with Crippen molar-refractivity contribution in [2.45, 2.75) is 12.5 Å². The fourth-order valence-corrected chi connectivity index (χ4v) is 5.46. The van der Waals surface area contributed by atoms with Crippen molar-refractivity contribution in [3.05, 3.63) is 81.3 Å². The van der Waals surface area contributed by atoms with Gasteiger partial charge in [0.25, 0.3) is 5.91 Å². The lowest BCUT2D eigenvalue weighted by Crippen LogP contribution is -2.40. The summed E-state index contributed by atoms with van der Waals surface area (Å²) in [6.45, 7) is 0.508. The quantitative estimate of drug-likeness (QED) is 0.393. The minimum Gasteiger partial charge on any atom is -0.348 e. The van der Waals surface area contributed by atoms with Gasteiger partial charge < -0.3 is 9.88 Å². The number of carbonyl (C=O) groups is 1. The first-order valence-corrected chi connectivity index (χ1v) is 11.2. The van der Waals surface area contributed by atoms with Gasteiger partial charge in [0, 0.05) is 35.4 Å². The molecule has 1 N–H and O–H groups in total. The molecule has 154 valence electrons. The van der Waals surface area contributed by atoms with E-state index in [0.29, 0.717) is 29.1 Å². The predicted molar refractivity (Wildman–Crippen MR) is 118 cm³/mol. The maximum atomic E-state index is 13.7. The molecule has 10 heteroatoms. The Morgan fingerprint density at radius 2 is 2.19 bits per heavy atom. The van der Waals surface area contributed by atoms with Crippen LogP contribution in [0.1, 0.15) is 32.8 Å². The average molecular weight is 497 g/mol. The Balaban J connectivity index is 1.49. The van der Waals surface area contributed by atoms with Crippen molar-refractivity contribution in [2.24, 2.45) is 0 Å². The number of hydrogen-bond acceptors (Lipinski definition) is 5. The SMILES string of the molecule is O=C(c1cnn2ccc(Br)cc12)N1CCc2[nH]cnc2[C@H]1c1nc2cc(F)ccc2s1. The lowest BCUT2D eigenvalue weighted by molar-refractivity contribution is 0.0692. The summed E-state index contributed by atoms with van der Waals surface area (Å²) >= 11 is 4.92. The van der Waals surface area contributed by atoms with Crippen LogP contribution in [-0.2, 0) is 6.42 Å². The summed E-state index contributed by atoms with van der Waals surface area (Å²) in [5.74, 6) is -0.476. The van der Waals surface area contributed by atoms with Gasteiger partial charge in [-0.1, -0.05) is 15.9 Å². The van der Waals surface area contributed by atoms with Gasteiger partial charge in [0.2, 0.25) is 0 Å². The minimum atomic E-state index is -0.454. The number of benzene rings is 1. The Kier molecular flexibility index (Phi) is 4.19. The van der Waals surface area contributed by atoms with Gasteiger partial charge in [0.15, 0.2) is 0 Å². The van der Waals surface area contributed by atoms with Crippen molar-refractivity contribution in [3.63, 3.8) is 0 Å². The van der Waals surface area contributed by atoms with E-state index in [9.17, 15) is 9.18 Å². The van der Waals surface area contributed by atoms with Gasteiger partial charge in [-0.25, -0.2) is 18.9 Å². The Hall–Kier alpha value is -3.11. The number of imidazole rings is 1. The molecule has 1 aliphatic rings. The van der Waals surface area contributed by atoms with Crippen molar-refractivity contribution >= 4 is 48.9 Å². The molecule has 6 rings (SSSR count). The van der Waals surface area contributed by atoms with Crippen LogP contribution in [0.15, 0.2) is 53.5 Å². The van der Waals surface area contributed by atoms with Crippen LogP contribution < -0.4 is 0 Å². The highest BCUT2D eigenvalue weighted by molar-refractivity contribution is 9.10. The van der Waals surface area contributed by atoms with Gasteiger partial charge in [-0.05, 0) is 24.3 Å². The Morgan fingerprint density at radius 1 is 1.29 bits per heavy atom. The number of hydrogen-bond donors (Lipinski definition) is 1. The van der Waals surface area contributed by atoms with E-state index in [-0.39, 0.29) is 11.7 Å². The van der Waals surface area contributed by atoms with E-state index in [0.717, 1.165) is 26.1 Å². The number of thiazole rings is 1. The summed E-state index contributed by atoms with van der Waals surface area (Å²) < 4.78 is 17.1. The number of aromatic amines is 1. The Bertz CT molecular complexity index is 1470. The van der Waals surface area contributed by atoms with E-state index in [1.165, 1.54) is 23.5 Å². The molecular weight excluding hydrogens is 483 g/mol. The highest BCUT2D eigenvalue weighted by Crippen LogP contribution is 2.38. The number of H-pyrrole nitrogens is 1. The fraction of sp³-hybridized carbons (Fsp3) is 0.143. The van der Waals surface area contributed by atoms with Gasteiger partial charge in [-0.2, -0.15) is 5.10 Å². The molecule has 1 atom stereocenters. The fourth-order valence-electron chi connectivity index (χ4n) is 4.06. The van der Waals surface area contributed by atoms with E-state index in [2.05, 4.69) is 36.0 Å². The highest BCUT2D eigenvalue weighted by Gasteiger charge is 2.37. The molecule has 0 saturated carbocycles. The maximum absolute atomic E-state index is 13.7. The molecule has 0 radical (unpaired) electrons. The van der Waals surface area contributed by atoms with E-state index in [4.69, 9.17) is 0 Å². The molecule has 1 aliphatic heterocycles. The normalized spacial score (nSPS) is 16.2. The number of aromatic nitrogens is 5. The third kappa shape index (κ3) is 2.97. The number of fused-ring (bicyclic) bond motifs is 3. The van der Waals surface area contributed by atoms with E-state index in [1.54, 1.807) is 34.2 Å². The van der Waals surface area contributed by atoms with Gasteiger partial charge >= 0.3 is 0 Å². The summed E-state index contributed by atoms with van der Waals surface area (Å²) in [6.07, 6.45) is 5.71. The van der Waals surface area contributed by atoms with Crippen LogP contribution in [-0.4, -0.2) is 41.9 Å². The molecular formula is C21H14BrFN6OS. The summed E-state index contributed by atoms with van der Waals surface area (Å²) in [7, 11) is 0. The monoisotopic (exact) mass is 496 g/mol. The van der Waals surface area contributed by atoms with Crippen LogP contribution >= 0.6 is 27.3 Å². The molecule has 5 heterocycles. The summed E-state index contributed by atoms with van der Waals surface area (Å²) in [6, 6.07) is 7.84. The molecule has 1 aromatic carbocycles. The molecule has 31 heavy (non-hydrogen) atoms. The molecule has 7 nitrogen and oxygen atoms in total. The molecule has 0 fully saturated rings. The number of rotatable bonds is 2. The van der Waals surface area contributed by atoms with Crippen molar-refractivity contribution < 1.29 is 9.18 Å². The second kappa shape index (κ2) is 6.96. The van der Waals surface area contributed by atoms with Crippen molar-refractivity contribution in [3.8, 4) is 0 Å². The molecule has 1 amide bonds. The zero-order chi connectivity index (χ0) is 21.1. The van der Waals surface area contributed by atoms with Gasteiger partial charge in [0.05, 0.1) is 39.5 Å². The van der Waals surface area contributed by atoms with Crippen LogP contribution in [0.2, 0.25) is 0 Å². The molecule has 0 bridgehead atoms. The molecule has 4 aromatic heterocycles. The zero-order valence-electron chi connectivity index (χ0n) is 15.9. The standard InChI is InChI=1S/C21H14BrFN6OS/c22-11-3-6-29-16(7-11)13(9-26-29)21(30)28-5-4-14-18(25-10-24-14)19(28)20-27-15-8-12(23)1-2-17(15)31-20/h1-3,6-10,19H,4-5H2,(H,24,25)/t19-/m0/s1. The summed E-state index contributed by atoms with van der Waals surface area (Å²) in [4.78, 5) is 27.8. The maximum Gasteiger partial charge on any atom is 0.258 e. The van der Waals surface area contributed by atoms with Crippen LogP contribution in [0.4, 0.5) is 4.39 Å². The summed E-state index contributed by atoms with van der Waals surface area (Å²) in [5.41, 5.74) is 3.57. The van der Waals surface area contributed by atoms with Crippen molar-refractivity contribution in [2.75, 3.05) is 6.54 Å². The van der Waals surface area contributed by atoms with Crippen molar-refractivity contribution in [1.29, 1.82) is 0 Å². The first-order valence-electron chi connectivity index (χ1n) is 9.60. The summed E-state index contributed by atoms with van der Waals surface area (Å²) in [5, 5.41) is 5.03. The molecule has 5 aromatic rings. The van der Waals surface area contributed by atoms with Crippen LogP contribution in [0.25, 0.3) is 15.7 Å². The molecule has 0 saturated heterocycles. The number of nitrogens with one attached hydrogen (secondary N) is 1. The van der Waals surface area contributed by atoms with Gasteiger partial charge in [-0.15, -0.1) is 11.3 Å². The third-order valence-electron chi connectivity index (χ3n) is 5.50. The number of halogens is 2. The van der Waals surface area contributed by atoms with E-state index < -0.39 is 6.04 Å². The van der Waals surface area contributed by atoms with Crippen LogP contribution in [0, 0.1) is 5.82 Å². The van der Waals surface area contributed by atoms with Crippen LogP contribution in [0.5, 0.6) is 0 Å². The molecule has 0 aliphatic carbocycles. The van der Waals surface area contributed by atoms with E-state index in [1.807, 2.05) is 12.1 Å². The number of carbonyl (C=O) groups excluding carboxylic acids is 1. The van der Waals surface area contributed by atoms with E-state index >= 15 is 0 Å². The second-order valence-electron chi connectivity index (χ2n) is 7.31. The lowest BCUT2D eigenvalue weighted by Gasteiger charge is -2.33. The Labute approximate surface area is 187 Å². The smallest absolute Gasteiger partial charge is 0.258 e. The van der Waals surface area contributed by atoms with Gasteiger partial charge in [-0.3, -0.25) is 4.79 Å². The predicted octanol–water partition coefficient (Wildman–Crippen LogP) is 4.36. The zero-order valence-corrected chi connectivity index (χ0v) is 18.3. The number of pyridine rings is 1. The first kappa shape index (κ1) is 18.6. The molecule has 0 unspecified atom stereocenters. The minimum absolute atomic E-state index is 0.141. The largest absolute Gasteiger partial charge is 0.348 e. The Morgan fingerprint density at radius 3 is 3.10 bits per heavy atom. The number of nitrogens with zero attached hydrogens (tertiary/aromatic N) is 5. The second-order valence-corrected chi connectivity index (χ2v) is 9.29. The third-order valence-corrected chi connectivity index (χ3v) is 7.08. The van der Waals surface area contributed by atoms with Crippen LogP contribution in [0.3, 0.4) is 0 Å². The van der Waals surface area contributed by atoms with Gasteiger partial charge in [0.1, 0.15) is 16.9 Å². The highest BCUT2D eigenvalue weighted by atomic mass is 79.9. The molecule has 0 spiro atoms. The topological polar surface area (TPSA) is 79.2 Å².